The minimum absolute atomic E-state index is 0.117. The molecule has 7 nitrogen and oxygen atoms in total. The number of para-hydroxylation sites is 1. The molecule has 2 aromatic heterocycles. The number of hydrogen-bond donors (Lipinski definition) is 2. The van der Waals surface area contributed by atoms with Gasteiger partial charge in [0.1, 0.15) is 6.04 Å². The van der Waals surface area contributed by atoms with Crippen LogP contribution in [0.5, 0.6) is 0 Å². The molecular weight excluding hydrogens is 256 g/mol. The summed E-state index contributed by atoms with van der Waals surface area (Å²) in [5, 5.41) is 14.5. The van der Waals surface area contributed by atoms with E-state index in [1.165, 1.54) is 0 Å². The molecule has 1 atom stereocenters. The van der Waals surface area contributed by atoms with Gasteiger partial charge in [-0.15, -0.1) is 5.10 Å². The standard InChI is InChI=1S/C13H14N6O/c1-8(12(20)14-2)16-13-17-10-6-4-3-5-9(10)11-7-15-18-19(11)13/h3-8H,1-2H3,(H,14,20)(H,16,17)/t8-/m0/s1. The van der Waals surface area contributed by atoms with Crippen molar-refractivity contribution in [1.29, 1.82) is 0 Å². The fourth-order valence-corrected chi connectivity index (χ4v) is 2.09. The van der Waals surface area contributed by atoms with E-state index in [1.807, 2.05) is 24.3 Å². The first-order valence-corrected chi connectivity index (χ1v) is 6.28. The molecule has 2 heterocycles. The van der Waals surface area contributed by atoms with Crippen molar-refractivity contribution in [1.82, 2.24) is 25.1 Å². The first kappa shape index (κ1) is 12.3. The van der Waals surface area contributed by atoms with E-state index in [4.69, 9.17) is 0 Å². The van der Waals surface area contributed by atoms with Gasteiger partial charge in [0.2, 0.25) is 11.9 Å². The van der Waals surface area contributed by atoms with Crippen LogP contribution in [0.25, 0.3) is 16.4 Å². The molecule has 7 heteroatoms. The molecule has 102 valence electrons. The van der Waals surface area contributed by atoms with Crippen LogP contribution in [0, 0.1) is 0 Å². The van der Waals surface area contributed by atoms with Gasteiger partial charge in [-0.2, -0.15) is 4.52 Å². The highest BCUT2D eigenvalue weighted by atomic mass is 16.2. The Kier molecular flexibility index (Phi) is 2.94. The maximum Gasteiger partial charge on any atom is 0.242 e. The molecule has 3 aromatic rings. The van der Waals surface area contributed by atoms with Gasteiger partial charge in [0.15, 0.2) is 0 Å². The quantitative estimate of drug-likeness (QED) is 0.736. The molecule has 0 unspecified atom stereocenters. The highest BCUT2D eigenvalue weighted by Gasteiger charge is 2.15. The zero-order valence-corrected chi connectivity index (χ0v) is 11.2. The number of nitrogens with zero attached hydrogens (tertiary/aromatic N) is 4. The average molecular weight is 270 g/mol. The minimum atomic E-state index is -0.416. The molecule has 1 amide bonds. The van der Waals surface area contributed by atoms with Crippen molar-refractivity contribution < 1.29 is 4.79 Å². The Bertz CT molecular complexity index is 781. The number of nitrogens with one attached hydrogen (secondary N) is 2. The molecule has 2 N–H and O–H groups in total. The van der Waals surface area contributed by atoms with Crippen LogP contribution in [-0.2, 0) is 4.79 Å². The van der Waals surface area contributed by atoms with Gasteiger partial charge in [-0.05, 0) is 13.0 Å². The number of amides is 1. The first-order valence-electron chi connectivity index (χ1n) is 6.28. The largest absolute Gasteiger partial charge is 0.357 e. The number of aromatic nitrogens is 4. The van der Waals surface area contributed by atoms with Crippen molar-refractivity contribution in [3.8, 4) is 0 Å². The number of benzene rings is 1. The van der Waals surface area contributed by atoms with E-state index in [2.05, 4.69) is 25.9 Å². The average Bonchev–Trinajstić information content (AvgIpc) is 2.96. The second kappa shape index (κ2) is 4.76. The van der Waals surface area contributed by atoms with Crippen LogP contribution in [-0.4, -0.2) is 38.8 Å². The zero-order chi connectivity index (χ0) is 14.1. The Labute approximate surface area is 115 Å². The van der Waals surface area contributed by atoms with Crippen LogP contribution in [0.15, 0.2) is 30.5 Å². The van der Waals surface area contributed by atoms with Crippen LogP contribution in [0.2, 0.25) is 0 Å². The van der Waals surface area contributed by atoms with Gasteiger partial charge >= 0.3 is 0 Å². The Balaban J connectivity index is 2.13. The van der Waals surface area contributed by atoms with Crippen LogP contribution >= 0.6 is 0 Å². The summed E-state index contributed by atoms with van der Waals surface area (Å²) in [5.74, 6) is 0.375. The number of rotatable bonds is 3. The molecule has 0 saturated heterocycles. The molecule has 0 aliphatic carbocycles. The van der Waals surface area contributed by atoms with Crippen molar-refractivity contribution in [2.24, 2.45) is 0 Å². The highest BCUT2D eigenvalue weighted by molar-refractivity contribution is 5.94. The monoisotopic (exact) mass is 270 g/mol. The lowest BCUT2D eigenvalue weighted by atomic mass is 10.2. The third kappa shape index (κ3) is 1.93. The lowest BCUT2D eigenvalue weighted by Gasteiger charge is -2.14. The van der Waals surface area contributed by atoms with E-state index in [0.29, 0.717) is 5.95 Å². The van der Waals surface area contributed by atoms with E-state index in [0.717, 1.165) is 16.4 Å². The Morgan fingerprint density at radius 1 is 1.35 bits per heavy atom. The summed E-state index contributed by atoms with van der Waals surface area (Å²) < 4.78 is 1.60. The summed E-state index contributed by atoms with van der Waals surface area (Å²) in [5.41, 5.74) is 1.68. The minimum Gasteiger partial charge on any atom is -0.357 e. The van der Waals surface area contributed by atoms with Crippen molar-refractivity contribution in [3.63, 3.8) is 0 Å². The van der Waals surface area contributed by atoms with E-state index in [-0.39, 0.29) is 5.91 Å². The predicted molar refractivity (Wildman–Crippen MR) is 75.4 cm³/mol. The van der Waals surface area contributed by atoms with Crippen LogP contribution < -0.4 is 10.6 Å². The lowest BCUT2D eigenvalue weighted by molar-refractivity contribution is -0.121. The second-order valence-corrected chi connectivity index (χ2v) is 4.46. The zero-order valence-electron chi connectivity index (χ0n) is 11.2. The lowest BCUT2D eigenvalue weighted by Crippen LogP contribution is -2.36. The Morgan fingerprint density at radius 2 is 2.15 bits per heavy atom. The molecule has 0 radical (unpaired) electrons. The maximum atomic E-state index is 11.6. The molecule has 1 aromatic carbocycles. The summed E-state index contributed by atoms with van der Waals surface area (Å²) >= 11 is 0. The fourth-order valence-electron chi connectivity index (χ4n) is 2.09. The number of likely N-dealkylation sites (N-methyl/N-ethyl adjacent to an activating group) is 1. The molecule has 0 spiro atoms. The molecule has 0 aliphatic rings. The van der Waals surface area contributed by atoms with Gasteiger partial charge < -0.3 is 10.6 Å². The van der Waals surface area contributed by atoms with Gasteiger partial charge in [0.25, 0.3) is 0 Å². The molecule has 0 bridgehead atoms. The van der Waals surface area contributed by atoms with Crippen LogP contribution in [0.4, 0.5) is 5.95 Å². The van der Waals surface area contributed by atoms with Crippen molar-refractivity contribution in [2.45, 2.75) is 13.0 Å². The van der Waals surface area contributed by atoms with E-state index < -0.39 is 6.04 Å². The number of carbonyl (C=O) groups excluding carboxylic acids is 1. The van der Waals surface area contributed by atoms with E-state index in [9.17, 15) is 4.79 Å². The van der Waals surface area contributed by atoms with Crippen molar-refractivity contribution in [2.75, 3.05) is 12.4 Å². The number of hydrogen-bond acceptors (Lipinski definition) is 5. The van der Waals surface area contributed by atoms with E-state index >= 15 is 0 Å². The summed E-state index contributed by atoms with van der Waals surface area (Å²) in [7, 11) is 1.60. The Morgan fingerprint density at radius 3 is 2.95 bits per heavy atom. The van der Waals surface area contributed by atoms with Gasteiger partial charge in [-0.3, -0.25) is 4.79 Å². The maximum absolute atomic E-state index is 11.6. The van der Waals surface area contributed by atoms with E-state index in [1.54, 1.807) is 24.7 Å². The highest BCUT2D eigenvalue weighted by Crippen LogP contribution is 2.20. The second-order valence-electron chi connectivity index (χ2n) is 4.46. The predicted octanol–water partition coefficient (Wildman–Crippen LogP) is 0.824. The summed E-state index contributed by atoms with van der Waals surface area (Å²) in [6.45, 7) is 1.76. The molecular formula is C13H14N6O. The van der Waals surface area contributed by atoms with Gasteiger partial charge in [0.05, 0.1) is 17.2 Å². The molecule has 3 rings (SSSR count). The van der Waals surface area contributed by atoms with Gasteiger partial charge in [-0.1, -0.05) is 23.4 Å². The summed E-state index contributed by atoms with van der Waals surface area (Å²) in [6, 6.07) is 7.32. The topological polar surface area (TPSA) is 84.2 Å². The summed E-state index contributed by atoms with van der Waals surface area (Å²) in [4.78, 5) is 16.1. The number of anilines is 1. The molecule has 20 heavy (non-hydrogen) atoms. The first-order chi connectivity index (χ1) is 9.70. The summed E-state index contributed by atoms with van der Waals surface area (Å²) in [6.07, 6.45) is 1.68. The third-order valence-corrected chi connectivity index (χ3v) is 3.14. The molecule has 0 fully saturated rings. The Hall–Kier alpha value is -2.70. The van der Waals surface area contributed by atoms with Crippen LogP contribution in [0.1, 0.15) is 6.92 Å². The van der Waals surface area contributed by atoms with Crippen molar-refractivity contribution >= 4 is 28.3 Å². The van der Waals surface area contributed by atoms with Gasteiger partial charge in [0, 0.05) is 12.4 Å². The number of carbonyl (C=O) groups is 1. The number of fused-ring (bicyclic) bond motifs is 3. The molecule has 0 aliphatic heterocycles. The van der Waals surface area contributed by atoms with Gasteiger partial charge in [-0.25, -0.2) is 4.98 Å². The van der Waals surface area contributed by atoms with Crippen molar-refractivity contribution in [3.05, 3.63) is 30.5 Å². The van der Waals surface area contributed by atoms with Crippen LogP contribution in [0.3, 0.4) is 0 Å². The fraction of sp³-hybridized carbons (Fsp3) is 0.231. The molecule has 0 saturated carbocycles. The third-order valence-electron chi connectivity index (χ3n) is 3.14. The normalized spacial score (nSPS) is 12.5. The SMILES string of the molecule is CNC(=O)[C@H](C)Nc1nc2ccccc2c2cnnn12. The smallest absolute Gasteiger partial charge is 0.242 e.